The zero-order chi connectivity index (χ0) is 17.4. The van der Waals surface area contributed by atoms with Gasteiger partial charge in [-0.05, 0) is 37.3 Å². The van der Waals surface area contributed by atoms with Crippen molar-refractivity contribution >= 4 is 11.6 Å². The highest BCUT2D eigenvalue weighted by Gasteiger charge is 2.25. The Morgan fingerprint density at radius 2 is 2.08 bits per heavy atom. The number of halogens is 1. The van der Waals surface area contributed by atoms with Crippen molar-refractivity contribution in [2.24, 2.45) is 0 Å². The maximum Gasteiger partial charge on any atom is 0.265 e. The molecule has 0 atom stereocenters. The number of carbonyl (C=O) groups is 1. The van der Waals surface area contributed by atoms with E-state index in [2.05, 4.69) is 10.1 Å². The van der Waals surface area contributed by atoms with E-state index in [4.69, 9.17) is 9.26 Å². The number of likely N-dealkylation sites (N-methyl/N-ethyl adjacent to an activating group) is 1. The van der Waals surface area contributed by atoms with E-state index in [-0.39, 0.29) is 24.0 Å². The van der Waals surface area contributed by atoms with Crippen molar-refractivity contribution in [2.45, 2.75) is 6.92 Å². The van der Waals surface area contributed by atoms with Crippen molar-refractivity contribution < 1.29 is 18.4 Å². The molecule has 0 saturated carbocycles. The first-order valence-corrected chi connectivity index (χ1v) is 7.83. The summed E-state index contributed by atoms with van der Waals surface area (Å²) in [7, 11) is 0. The number of fused-ring (bicyclic) bond motifs is 1. The number of ether oxygens (including phenoxy) is 1. The number of hydrogen-bond donors (Lipinski definition) is 0. The van der Waals surface area contributed by atoms with E-state index in [0.29, 0.717) is 29.4 Å². The van der Waals surface area contributed by atoms with Crippen molar-refractivity contribution in [3.63, 3.8) is 0 Å². The van der Waals surface area contributed by atoms with E-state index in [9.17, 15) is 9.18 Å². The van der Waals surface area contributed by atoms with Crippen LogP contribution in [-0.4, -0.2) is 29.2 Å². The Morgan fingerprint density at radius 1 is 1.24 bits per heavy atom. The van der Waals surface area contributed by atoms with Gasteiger partial charge in [0.25, 0.3) is 11.8 Å². The van der Waals surface area contributed by atoms with Gasteiger partial charge in [-0.15, -0.1) is 0 Å². The summed E-state index contributed by atoms with van der Waals surface area (Å²) in [4.78, 5) is 17.9. The molecule has 0 aliphatic carbocycles. The second-order valence-corrected chi connectivity index (χ2v) is 5.51. The van der Waals surface area contributed by atoms with Crippen LogP contribution in [0.2, 0.25) is 0 Å². The fourth-order valence-corrected chi connectivity index (χ4v) is 2.77. The lowest BCUT2D eigenvalue weighted by molar-refractivity contribution is -0.121. The smallest absolute Gasteiger partial charge is 0.265 e. The van der Waals surface area contributed by atoms with Gasteiger partial charge in [0.2, 0.25) is 5.82 Å². The van der Waals surface area contributed by atoms with Crippen LogP contribution < -0.4 is 9.64 Å². The molecule has 6 nitrogen and oxygen atoms in total. The van der Waals surface area contributed by atoms with Crippen LogP contribution in [0.4, 0.5) is 10.1 Å². The van der Waals surface area contributed by atoms with Crippen molar-refractivity contribution in [1.82, 2.24) is 10.1 Å². The highest BCUT2D eigenvalue weighted by Crippen LogP contribution is 2.35. The van der Waals surface area contributed by atoms with Gasteiger partial charge < -0.3 is 14.2 Å². The van der Waals surface area contributed by atoms with Crippen molar-refractivity contribution in [3.8, 4) is 28.6 Å². The van der Waals surface area contributed by atoms with Crippen LogP contribution in [0, 0.1) is 5.82 Å². The molecule has 1 amide bonds. The average Bonchev–Trinajstić information content (AvgIpc) is 3.11. The maximum atomic E-state index is 13.9. The SMILES string of the molecule is CCN1C(=O)COc2ccc(-c3noc(-c4ccccc4F)n3)cc21. The third kappa shape index (κ3) is 2.63. The molecule has 1 aliphatic heterocycles. The molecule has 0 bridgehead atoms. The number of carbonyl (C=O) groups excluding carboxylic acids is 1. The van der Waals surface area contributed by atoms with Gasteiger partial charge in [0.15, 0.2) is 6.61 Å². The molecule has 3 aromatic rings. The van der Waals surface area contributed by atoms with Crippen LogP contribution >= 0.6 is 0 Å². The highest BCUT2D eigenvalue weighted by molar-refractivity contribution is 5.98. The number of nitrogens with zero attached hydrogens (tertiary/aromatic N) is 3. The molecule has 0 radical (unpaired) electrons. The summed E-state index contributed by atoms with van der Waals surface area (Å²) >= 11 is 0. The van der Waals surface area contributed by atoms with E-state index < -0.39 is 5.82 Å². The normalized spacial score (nSPS) is 13.5. The number of hydrogen-bond acceptors (Lipinski definition) is 5. The van der Waals surface area contributed by atoms with Crippen LogP contribution in [0.5, 0.6) is 5.75 Å². The van der Waals surface area contributed by atoms with E-state index in [1.165, 1.54) is 6.07 Å². The summed E-state index contributed by atoms with van der Waals surface area (Å²) in [5, 5.41) is 3.93. The van der Waals surface area contributed by atoms with Crippen molar-refractivity contribution in [3.05, 3.63) is 48.3 Å². The van der Waals surface area contributed by atoms with Gasteiger partial charge in [0.05, 0.1) is 11.3 Å². The lowest BCUT2D eigenvalue weighted by Gasteiger charge is -2.28. The first-order chi connectivity index (χ1) is 12.2. The van der Waals surface area contributed by atoms with Gasteiger partial charge in [-0.3, -0.25) is 4.79 Å². The molecule has 0 N–H and O–H groups in total. The lowest BCUT2D eigenvalue weighted by atomic mass is 10.1. The average molecular weight is 339 g/mol. The summed E-state index contributed by atoms with van der Waals surface area (Å²) in [6.45, 7) is 2.45. The molecule has 1 aliphatic rings. The van der Waals surface area contributed by atoms with Gasteiger partial charge in [-0.2, -0.15) is 4.98 Å². The number of amides is 1. The quantitative estimate of drug-likeness (QED) is 0.732. The molecular formula is C18H14FN3O3. The highest BCUT2D eigenvalue weighted by atomic mass is 19.1. The van der Waals surface area contributed by atoms with Crippen LogP contribution in [0.25, 0.3) is 22.8 Å². The fraction of sp³-hybridized carbons (Fsp3) is 0.167. The number of benzene rings is 2. The number of anilines is 1. The maximum absolute atomic E-state index is 13.9. The van der Waals surface area contributed by atoms with Gasteiger partial charge in [-0.25, -0.2) is 4.39 Å². The fourth-order valence-electron chi connectivity index (χ4n) is 2.77. The standard InChI is InChI=1S/C18H14FN3O3/c1-2-22-14-9-11(7-8-15(14)24-10-16(22)23)17-20-18(25-21-17)12-5-3-4-6-13(12)19/h3-9H,2,10H2,1H3. The second kappa shape index (κ2) is 6.01. The summed E-state index contributed by atoms with van der Waals surface area (Å²) in [5.74, 6) is 0.509. The van der Waals surface area contributed by atoms with Crippen LogP contribution in [-0.2, 0) is 4.79 Å². The van der Waals surface area contributed by atoms with Crippen molar-refractivity contribution in [2.75, 3.05) is 18.1 Å². The Morgan fingerprint density at radius 3 is 2.88 bits per heavy atom. The van der Waals surface area contributed by atoms with E-state index in [1.807, 2.05) is 6.92 Å². The minimum atomic E-state index is -0.431. The third-order valence-electron chi connectivity index (χ3n) is 4.01. The Hall–Kier alpha value is -3.22. The molecule has 2 aromatic carbocycles. The zero-order valence-electron chi connectivity index (χ0n) is 13.4. The molecule has 25 heavy (non-hydrogen) atoms. The van der Waals surface area contributed by atoms with E-state index in [1.54, 1.807) is 41.3 Å². The molecule has 0 saturated heterocycles. The predicted octanol–water partition coefficient (Wildman–Crippen LogP) is 3.29. The van der Waals surface area contributed by atoms with Gasteiger partial charge >= 0.3 is 0 Å². The molecule has 7 heteroatoms. The molecule has 126 valence electrons. The Labute approximate surface area is 142 Å². The lowest BCUT2D eigenvalue weighted by Crippen LogP contribution is -2.38. The van der Waals surface area contributed by atoms with Gasteiger partial charge in [0, 0.05) is 12.1 Å². The Bertz CT molecular complexity index is 954. The first kappa shape index (κ1) is 15.3. The molecule has 4 rings (SSSR count). The molecule has 0 unspecified atom stereocenters. The summed E-state index contributed by atoms with van der Waals surface area (Å²) in [6, 6.07) is 11.5. The van der Waals surface area contributed by atoms with Crippen LogP contribution in [0.1, 0.15) is 6.92 Å². The number of aromatic nitrogens is 2. The Kier molecular flexibility index (Phi) is 3.68. The predicted molar refractivity (Wildman–Crippen MR) is 88.7 cm³/mol. The minimum Gasteiger partial charge on any atom is -0.482 e. The number of rotatable bonds is 3. The second-order valence-electron chi connectivity index (χ2n) is 5.51. The summed E-state index contributed by atoms with van der Waals surface area (Å²) in [6.07, 6.45) is 0. The summed E-state index contributed by atoms with van der Waals surface area (Å²) in [5.41, 5.74) is 1.56. The van der Waals surface area contributed by atoms with E-state index in [0.717, 1.165) is 0 Å². The molecule has 0 fully saturated rings. The zero-order valence-corrected chi connectivity index (χ0v) is 13.4. The van der Waals surface area contributed by atoms with E-state index >= 15 is 0 Å². The molecule has 0 spiro atoms. The molecular weight excluding hydrogens is 325 g/mol. The molecule has 1 aromatic heterocycles. The van der Waals surface area contributed by atoms with Gasteiger partial charge in [0.1, 0.15) is 11.6 Å². The van der Waals surface area contributed by atoms with Crippen molar-refractivity contribution in [1.29, 1.82) is 0 Å². The largest absolute Gasteiger partial charge is 0.482 e. The van der Waals surface area contributed by atoms with Crippen LogP contribution in [0.15, 0.2) is 47.0 Å². The van der Waals surface area contributed by atoms with Gasteiger partial charge in [-0.1, -0.05) is 17.3 Å². The van der Waals surface area contributed by atoms with Crippen LogP contribution in [0.3, 0.4) is 0 Å². The monoisotopic (exact) mass is 339 g/mol. The minimum absolute atomic E-state index is 0.0276. The Balaban J connectivity index is 1.73. The third-order valence-corrected chi connectivity index (χ3v) is 4.01. The summed E-state index contributed by atoms with van der Waals surface area (Å²) < 4.78 is 24.5. The topological polar surface area (TPSA) is 68.5 Å². The molecule has 2 heterocycles. The first-order valence-electron chi connectivity index (χ1n) is 7.83.